The van der Waals surface area contributed by atoms with E-state index in [-0.39, 0.29) is 36.8 Å². The summed E-state index contributed by atoms with van der Waals surface area (Å²) in [6.45, 7) is 1.45. The summed E-state index contributed by atoms with van der Waals surface area (Å²) in [7, 11) is 2.46. The number of alkyl halides is 6. The number of hydrogen-bond acceptors (Lipinski definition) is 4. The van der Waals surface area contributed by atoms with Gasteiger partial charge in [-0.2, -0.15) is 26.3 Å². The van der Waals surface area contributed by atoms with Crippen molar-refractivity contribution in [2.45, 2.75) is 50.0 Å². The molecule has 0 bridgehead atoms. The molecule has 7 nitrogen and oxygen atoms in total. The average Bonchev–Trinajstić information content (AvgIpc) is 3.66. The van der Waals surface area contributed by atoms with Gasteiger partial charge in [-0.1, -0.05) is 12.1 Å². The highest BCUT2D eigenvalue weighted by atomic mass is 19.4. The van der Waals surface area contributed by atoms with E-state index in [0.717, 1.165) is 17.6 Å². The van der Waals surface area contributed by atoms with Crippen LogP contribution >= 0.6 is 0 Å². The Morgan fingerprint density at radius 1 is 0.848 bits per heavy atom. The van der Waals surface area contributed by atoms with E-state index in [1.54, 1.807) is 11.0 Å². The maximum Gasteiger partial charge on any atom is 0.416 e. The maximum absolute atomic E-state index is 13.8. The fourth-order valence-corrected chi connectivity index (χ4v) is 6.52. The summed E-state index contributed by atoms with van der Waals surface area (Å²) in [6, 6.07) is 4.89. The number of likely N-dealkylation sites (tertiary alicyclic amines) is 2. The summed E-state index contributed by atoms with van der Waals surface area (Å²) < 4.78 is 94.7. The van der Waals surface area contributed by atoms with Crippen molar-refractivity contribution < 1.29 is 45.1 Å². The molecule has 2 aromatic rings. The zero-order valence-corrected chi connectivity index (χ0v) is 25.2. The van der Waals surface area contributed by atoms with E-state index >= 15 is 0 Å². The van der Waals surface area contributed by atoms with Crippen molar-refractivity contribution in [3.63, 3.8) is 0 Å². The molecule has 248 valence electrons. The minimum absolute atomic E-state index is 0.00867. The predicted octanol–water partition coefficient (Wildman–Crippen LogP) is 6.30. The number of ketones is 1. The summed E-state index contributed by atoms with van der Waals surface area (Å²) in [4.78, 5) is 44.7. The van der Waals surface area contributed by atoms with Gasteiger partial charge in [-0.25, -0.2) is 9.18 Å². The van der Waals surface area contributed by atoms with Crippen LogP contribution in [-0.4, -0.2) is 78.7 Å². The topological polar surface area (TPSA) is 64.2 Å². The molecule has 14 heteroatoms. The number of amides is 3. The standard InChI is InChI=1S/C32H33F7N4O3/c1-40(25-14-21(31(34,35)36)13-22(15-25)32(37,38)39)30(46)41(2)28-18-43(17-27(28)19-3-5-23(33)6-4-19)29(45)20-9-11-42(12-10-20)24-7-8-26(44)16-24/h3-6,13-16,20,27-28H,7-12,17-18H2,1-2H3. The fourth-order valence-electron chi connectivity index (χ4n) is 6.52. The second kappa shape index (κ2) is 12.6. The quantitative estimate of drug-likeness (QED) is 0.355. The van der Waals surface area contributed by atoms with Crippen LogP contribution in [0.5, 0.6) is 0 Å². The summed E-state index contributed by atoms with van der Waals surface area (Å²) in [5, 5.41) is 0. The molecule has 2 atom stereocenters. The molecule has 0 aromatic heterocycles. The van der Waals surface area contributed by atoms with Crippen molar-refractivity contribution in [2.75, 3.05) is 45.2 Å². The largest absolute Gasteiger partial charge is 0.416 e. The van der Waals surface area contributed by atoms with Gasteiger partial charge in [-0.15, -0.1) is 0 Å². The molecule has 0 N–H and O–H groups in total. The van der Waals surface area contributed by atoms with Gasteiger partial charge in [0, 0.05) is 76.0 Å². The summed E-state index contributed by atoms with van der Waals surface area (Å²) in [5.74, 6) is -1.36. The molecule has 3 amide bonds. The molecule has 2 aromatic carbocycles. The number of urea groups is 1. The lowest BCUT2D eigenvalue weighted by molar-refractivity contribution is -0.143. The Labute approximate surface area is 261 Å². The van der Waals surface area contributed by atoms with E-state index < -0.39 is 53.0 Å². The summed E-state index contributed by atoms with van der Waals surface area (Å²) >= 11 is 0. The van der Waals surface area contributed by atoms with Gasteiger partial charge >= 0.3 is 18.4 Å². The molecule has 2 aliphatic heterocycles. The molecule has 2 saturated heterocycles. The number of hydrogen-bond donors (Lipinski definition) is 0. The van der Waals surface area contributed by atoms with Crippen LogP contribution in [0.3, 0.4) is 0 Å². The van der Waals surface area contributed by atoms with Crippen molar-refractivity contribution in [3.8, 4) is 0 Å². The van der Waals surface area contributed by atoms with E-state index in [9.17, 15) is 45.1 Å². The van der Waals surface area contributed by atoms with Gasteiger partial charge in [0.05, 0.1) is 17.2 Å². The van der Waals surface area contributed by atoms with Crippen LogP contribution in [0.2, 0.25) is 0 Å². The Kier molecular flexibility index (Phi) is 9.11. The van der Waals surface area contributed by atoms with Crippen LogP contribution in [-0.2, 0) is 21.9 Å². The Morgan fingerprint density at radius 2 is 1.43 bits per heavy atom. The Bertz CT molecular complexity index is 1480. The third-order valence-corrected chi connectivity index (χ3v) is 9.15. The zero-order chi connectivity index (χ0) is 33.6. The highest BCUT2D eigenvalue weighted by Gasteiger charge is 2.43. The van der Waals surface area contributed by atoms with E-state index in [1.807, 2.05) is 0 Å². The molecule has 3 aliphatic rings. The molecule has 2 heterocycles. The molecule has 2 unspecified atom stereocenters. The number of likely N-dealkylation sites (N-methyl/N-ethyl adjacent to an activating group) is 1. The number of anilines is 1. The van der Waals surface area contributed by atoms with E-state index in [1.165, 1.54) is 36.2 Å². The molecule has 5 rings (SSSR count). The predicted molar refractivity (Wildman–Crippen MR) is 154 cm³/mol. The lowest BCUT2D eigenvalue weighted by Gasteiger charge is -2.35. The lowest BCUT2D eigenvalue weighted by Crippen LogP contribution is -2.48. The minimum Gasteiger partial charge on any atom is -0.375 e. The third kappa shape index (κ3) is 7.00. The highest BCUT2D eigenvalue weighted by Crippen LogP contribution is 2.39. The van der Waals surface area contributed by atoms with Crippen molar-refractivity contribution in [1.82, 2.24) is 14.7 Å². The van der Waals surface area contributed by atoms with Crippen molar-refractivity contribution in [1.29, 1.82) is 0 Å². The SMILES string of the molecule is CN(C(=O)N(C)C1CN(C(=O)C2CCN(C3=CC(=O)CC3)CC2)CC1c1ccc(F)cc1)c1cc(C(F)(F)F)cc(C(F)(F)F)c1. The Morgan fingerprint density at radius 3 is 1.96 bits per heavy atom. The van der Waals surface area contributed by atoms with Crippen LogP contribution in [0.15, 0.2) is 54.2 Å². The Balaban J connectivity index is 1.36. The van der Waals surface area contributed by atoms with Gasteiger partial charge in [-0.3, -0.25) is 14.5 Å². The van der Waals surface area contributed by atoms with E-state index in [4.69, 9.17) is 0 Å². The number of piperidine rings is 1. The molecular weight excluding hydrogens is 621 g/mol. The van der Waals surface area contributed by atoms with Crippen LogP contribution < -0.4 is 4.90 Å². The van der Waals surface area contributed by atoms with Gasteiger partial charge in [0.15, 0.2) is 5.78 Å². The molecular formula is C32H33F7N4O3. The van der Waals surface area contributed by atoms with Crippen molar-refractivity contribution >= 4 is 23.4 Å². The smallest absolute Gasteiger partial charge is 0.375 e. The number of allylic oxidation sites excluding steroid dienone is 2. The number of carbonyl (C=O) groups excluding carboxylic acids is 3. The first-order chi connectivity index (χ1) is 21.5. The van der Waals surface area contributed by atoms with Crippen LogP contribution in [0.4, 0.5) is 41.2 Å². The van der Waals surface area contributed by atoms with Gasteiger partial charge in [0.2, 0.25) is 5.91 Å². The van der Waals surface area contributed by atoms with Crippen molar-refractivity contribution in [2.24, 2.45) is 5.92 Å². The Hall–Kier alpha value is -4.10. The first kappa shape index (κ1) is 33.3. The molecule has 46 heavy (non-hydrogen) atoms. The maximum atomic E-state index is 13.8. The highest BCUT2D eigenvalue weighted by molar-refractivity contribution is 5.93. The first-order valence-corrected chi connectivity index (χ1v) is 14.9. The van der Waals surface area contributed by atoms with Gasteiger partial charge in [0.25, 0.3) is 0 Å². The summed E-state index contributed by atoms with van der Waals surface area (Å²) in [5.41, 5.74) is -2.11. The van der Waals surface area contributed by atoms with E-state index in [2.05, 4.69) is 4.90 Å². The number of carbonyl (C=O) groups is 3. The number of nitrogens with zero attached hydrogens (tertiary/aromatic N) is 4. The van der Waals surface area contributed by atoms with Gasteiger partial charge < -0.3 is 14.7 Å². The van der Waals surface area contributed by atoms with Gasteiger partial charge in [-0.05, 0) is 55.2 Å². The van der Waals surface area contributed by atoms with E-state index in [0.29, 0.717) is 56.5 Å². The molecule has 0 saturated carbocycles. The third-order valence-electron chi connectivity index (χ3n) is 9.15. The molecule has 0 radical (unpaired) electrons. The zero-order valence-electron chi connectivity index (χ0n) is 25.2. The minimum atomic E-state index is -5.09. The van der Waals surface area contributed by atoms with Crippen LogP contribution in [0.25, 0.3) is 0 Å². The first-order valence-electron chi connectivity index (χ1n) is 14.9. The average molecular weight is 655 g/mol. The normalized spacial score (nSPS) is 21.1. The number of benzene rings is 2. The second-order valence-electron chi connectivity index (χ2n) is 12.0. The monoisotopic (exact) mass is 654 g/mol. The van der Waals surface area contributed by atoms with Crippen LogP contribution in [0.1, 0.15) is 48.3 Å². The lowest BCUT2D eigenvalue weighted by atomic mass is 9.93. The molecule has 2 fully saturated rings. The van der Waals surface area contributed by atoms with Crippen LogP contribution in [0, 0.1) is 11.7 Å². The number of rotatable bonds is 5. The molecule has 0 spiro atoms. The van der Waals surface area contributed by atoms with Crippen molar-refractivity contribution in [3.05, 3.63) is 76.7 Å². The second-order valence-corrected chi connectivity index (χ2v) is 12.0. The van der Waals surface area contributed by atoms with Gasteiger partial charge in [0.1, 0.15) is 5.82 Å². The fraction of sp³-hybridized carbons (Fsp3) is 0.469. The number of halogens is 7. The summed E-state index contributed by atoms with van der Waals surface area (Å²) in [6.07, 6.45) is -6.26. The molecule has 1 aliphatic carbocycles.